The second-order valence-electron chi connectivity index (χ2n) is 1.56. The van der Waals surface area contributed by atoms with Gasteiger partial charge < -0.3 is 0 Å². The SMILES string of the molecule is O=Nc1cc(Cl)nc(Cl)c1. The molecule has 0 radical (unpaired) electrons. The molecule has 0 amide bonds. The minimum absolute atomic E-state index is 0.169. The lowest BCUT2D eigenvalue weighted by molar-refractivity contribution is 1.31. The Labute approximate surface area is 67.0 Å². The van der Waals surface area contributed by atoms with Gasteiger partial charge in [-0.05, 0) is 5.18 Å². The molecule has 0 aromatic carbocycles. The van der Waals surface area contributed by atoms with Crippen LogP contribution in [0.5, 0.6) is 0 Å². The quantitative estimate of drug-likeness (QED) is 0.488. The van der Waals surface area contributed by atoms with Crippen molar-refractivity contribution in [2.45, 2.75) is 0 Å². The van der Waals surface area contributed by atoms with Crippen molar-refractivity contribution in [3.8, 4) is 0 Å². The number of pyridine rings is 1. The van der Waals surface area contributed by atoms with Crippen molar-refractivity contribution in [2.75, 3.05) is 0 Å². The number of aromatic nitrogens is 1. The number of nitroso groups, excluding NO2 is 1. The highest BCUT2D eigenvalue weighted by molar-refractivity contribution is 6.32. The van der Waals surface area contributed by atoms with E-state index in [1.54, 1.807) is 0 Å². The summed E-state index contributed by atoms with van der Waals surface area (Å²) in [6.45, 7) is 0. The average molecular weight is 177 g/mol. The van der Waals surface area contributed by atoms with Crippen LogP contribution in [0.25, 0.3) is 0 Å². The van der Waals surface area contributed by atoms with Crippen LogP contribution < -0.4 is 0 Å². The maximum Gasteiger partial charge on any atom is 0.133 e. The molecule has 0 atom stereocenters. The zero-order valence-electron chi connectivity index (χ0n) is 4.71. The van der Waals surface area contributed by atoms with Crippen LogP contribution >= 0.6 is 23.2 Å². The van der Waals surface area contributed by atoms with Crippen LogP contribution in [0.4, 0.5) is 5.69 Å². The molecule has 0 fully saturated rings. The number of halogens is 2. The molecule has 0 aliphatic heterocycles. The van der Waals surface area contributed by atoms with Gasteiger partial charge in [-0.3, -0.25) is 0 Å². The standard InChI is InChI=1S/C5H2Cl2N2O/c6-4-1-3(9-10)2-5(7)8-4/h1-2H. The monoisotopic (exact) mass is 176 g/mol. The van der Waals surface area contributed by atoms with E-state index < -0.39 is 0 Å². The molecule has 0 N–H and O–H groups in total. The minimum atomic E-state index is 0.169. The Kier molecular flexibility index (Phi) is 2.19. The molecular formula is C5H2Cl2N2O. The Morgan fingerprint density at radius 1 is 1.30 bits per heavy atom. The first-order chi connectivity index (χ1) is 4.72. The maximum absolute atomic E-state index is 9.92. The predicted octanol–water partition coefficient (Wildman–Crippen LogP) is 2.79. The van der Waals surface area contributed by atoms with Gasteiger partial charge in [0.1, 0.15) is 16.0 Å². The lowest BCUT2D eigenvalue weighted by Crippen LogP contribution is -1.74. The van der Waals surface area contributed by atoms with E-state index in [9.17, 15) is 4.91 Å². The number of hydrogen-bond acceptors (Lipinski definition) is 3. The van der Waals surface area contributed by atoms with Crippen LogP contribution in [-0.2, 0) is 0 Å². The molecule has 0 spiro atoms. The van der Waals surface area contributed by atoms with Gasteiger partial charge in [0.05, 0.1) is 0 Å². The summed E-state index contributed by atoms with van der Waals surface area (Å²) >= 11 is 10.9. The lowest BCUT2D eigenvalue weighted by Gasteiger charge is -1.90. The van der Waals surface area contributed by atoms with E-state index in [1.165, 1.54) is 12.1 Å². The molecule has 0 aliphatic rings. The summed E-state index contributed by atoms with van der Waals surface area (Å²) in [4.78, 5) is 13.5. The fourth-order valence-corrected chi connectivity index (χ4v) is 0.954. The van der Waals surface area contributed by atoms with Gasteiger partial charge in [0, 0.05) is 12.1 Å². The summed E-state index contributed by atoms with van der Waals surface area (Å²) in [6.07, 6.45) is 0. The molecule has 0 aliphatic carbocycles. The molecule has 0 saturated carbocycles. The Balaban J connectivity index is 3.18. The van der Waals surface area contributed by atoms with E-state index in [0.717, 1.165) is 0 Å². The van der Waals surface area contributed by atoms with E-state index in [0.29, 0.717) is 0 Å². The second kappa shape index (κ2) is 2.94. The topological polar surface area (TPSA) is 42.3 Å². The Morgan fingerprint density at radius 2 is 1.80 bits per heavy atom. The Hall–Kier alpha value is -0.670. The molecule has 3 nitrogen and oxygen atoms in total. The smallest absolute Gasteiger partial charge is 0.133 e. The molecule has 10 heavy (non-hydrogen) atoms. The number of rotatable bonds is 1. The molecular weight excluding hydrogens is 175 g/mol. The van der Waals surface area contributed by atoms with Gasteiger partial charge in [-0.15, -0.1) is 4.91 Å². The van der Waals surface area contributed by atoms with Crippen LogP contribution in [-0.4, -0.2) is 4.98 Å². The molecule has 1 heterocycles. The third kappa shape index (κ3) is 1.65. The molecule has 1 rings (SSSR count). The first-order valence-electron chi connectivity index (χ1n) is 2.39. The molecule has 0 saturated heterocycles. The molecule has 5 heteroatoms. The highest BCUT2D eigenvalue weighted by atomic mass is 35.5. The fourth-order valence-electron chi connectivity index (χ4n) is 0.505. The third-order valence-corrected chi connectivity index (χ3v) is 1.24. The summed E-state index contributed by atoms with van der Waals surface area (Å²) in [5.41, 5.74) is 0.185. The summed E-state index contributed by atoms with van der Waals surface area (Å²) in [6, 6.07) is 2.67. The van der Waals surface area contributed by atoms with Gasteiger partial charge in [-0.1, -0.05) is 23.2 Å². The van der Waals surface area contributed by atoms with Crippen LogP contribution in [0.3, 0.4) is 0 Å². The van der Waals surface area contributed by atoms with Gasteiger partial charge in [0.25, 0.3) is 0 Å². The van der Waals surface area contributed by atoms with Gasteiger partial charge in [-0.2, -0.15) is 0 Å². The van der Waals surface area contributed by atoms with Gasteiger partial charge in [-0.25, -0.2) is 4.98 Å². The Morgan fingerprint density at radius 3 is 2.20 bits per heavy atom. The van der Waals surface area contributed by atoms with Crippen molar-refractivity contribution in [1.29, 1.82) is 0 Å². The average Bonchev–Trinajstić information content (AvgIpc) is 1.85. The number of hydrogen-bond donors (Lipinski definition) is 0. The zero-order chi connectivity index (χ0) is 7.56. The highest BCUT2D eigenvalue weighted by Crippen LogP contribution is 2.20. The molecule has 52 valence electrons. The Bertz CT molecular complexity index is 244. The summed E-state index contributed by atoms with van der Waals surface area (Å²) in [5.74, 6) is 0. The summed E-state index contributed by atoms with van der Waals surface area (Å²) in [7, 11) is 0. The predicted molar refractivity (Wildman–Crippen MR) is 39.7 cm³/mol. The molecule has 1 aromatic rings. The van der Waals surface area contributed by atoms with E-state index in [2.05, 4.69) is 10.2 Å². The normalized spacial score (nSPS) is 9.40. The van der Waals surface area contributed by atoms with Crippen molar-refractivity contribution < 1.29 is 0 Å². The van der Waals surface area contributed by atoms with E-state index in [-0.39, 0.29) is 16.0 Å². The van der Waals surface area contributed by atoms with Crippen LogP contribution in [0.1, 0.15) is 0 Å². The second-order valence-corrected chi connectivity index (χ2v) is 2.34. The van der Waals surface area contributed by atoms with Crippen molar-refractivity contribution in [3.63, 3.8) is 0 Å². The van der Waals surface area contributed by atoms with Gasteiger partial charge in [0.2, 0.25) is 0 Å². The fraction of sp³-hybridized carbons (Fsp3) is 0. The van der Waals surface area contributed by atoms with Crippen molar-refractivity contribution in [3.05, 3.63) is 27.3 Å². The van der Waals surface area contributed by atoms with Crippen LogP contribution in [0.2, 0.25) is 10.3 Å². The highest BCUT2D eigenvalue weighted by Gasteiger charge is 1.97. The first-order valence-corrected chi connectivity index (χ1v) is 3.14. The third-order valence-electron chi connectivity index (χ3n) is 0.853. The lowest BCUT2D eigenvalue weighted by atomic mass is 10.4. The van der Waals surface area contributed by atoms with E-state index in [1.807, 2.05) is 0 Å². The van der Waals surface area contributed by atoms with Crippen LogP contribution in [0.15, 0.2) is 17.3 Å². The molecule has 0 bridgehead atoms. The van der Waals surface area contributed by atoms with Crippen molar-refractivity contribution in [1.82, 2.24) is 4.98 Å². The van der Waals surface area contributed by atoms with E-state index >= 15 is 0 Å². The maximum atomic E-state index is 9.92. The number of nitrogens with zero attached hydrogens (tertiary/aromatic N) is 2. The largest absolute Gasteiger partial charge is 0.224 e. The summed E-state index contributed by atoms with van der Waals surface area (Å²) < 4.78 is 0. The molecule has 0 unspecified atom stereocenters. The van der Waals surface area contributed by atoms with Crippen molar-refractivity contribution >= 4 is 28.9 Å². The van der Waals surface area contributed by atoms with Crippen molar-refractivity contribution in [2.24, 2.45) is 5.18 Å². The van der Waals surface area contributed by atoms with Gasteiger partial charge in [0.15, 0.2) is 0 Å². The minimum Gasteiger partial charge on any atom is -0.224 e. The van der Waals surface area contributed by atoms with Crippen LogP contribution in [0, 0.1) is 4.91 Å². The summed E-state index contributed by atoms with van der Waals surface area (Å²) in [5, 5.41) is 2.97. The zero-order valence-corrected chi connectivity index (χ0v) is 6.23. The van der Waals surface area contributed by atoms with Gasteiger partial charge >= 0.3 is 0 Å². The molecule has 1 aromatic heterocycles. The van der Waals surface area contributed by atoms with E-state index in [4.69, 9.17) is 23.2 Å². The first kappa shape index (κ1) is 7.44.